The van der Waals surface area contributed by atoms with E-state index in [2.05, 4.69) is 32.0 Å². The molecule has 2 unspecified atom stereocenters. The van der Waals surface area contributed by atoms with Gasteiger partial charge in [-0.1, -0.05) is 18.2 Å². The van der Waals surface area contributed by atoms with E-state index in [1.807, 2.05) is 47.0 Å². The van der Waals surface area contributed by atoms with Crippen LogP contribution in [0.15, 0.2) is 41.8 Å². The number of carbonyl (C=O) groups excluding carboxylic acids is 1. The van der Waals surface area contributed by atoms with Gasteiger partial charge in [-0.3, -0.25) is 4.79 Å². The molecule has 3 aromatic rings. The van der Waals surface area contributed by atoms with E-state index >= 15 is 0 Å². The molecule has 1 aliphatic rings. The number of aryl methyl sites for hydroxylation is 2. The Hall–Kier alpha value is -2.44. The van der Waals surface area contributed by atoms with Crippen LogP contribution in [0.1, 0.15) is 35.5 Å². The molecule has 2 atom stereocenters. The summed E-state index contributed by atoms with van der Waals surface area (Å²) < 4.78 is 7.61. The molecule has 4 rings (SSSR count). The molecule has 1 saturated heterocycles. The van der Waals surface area contributed by atoms with E-state index in [1.165, 1.54) is 0 Å². The topological polar surface area (TPSA) is 47.4 Å². The highest BCUT2D eigenvalue weighted by molar-refractivity contribution is 7.13. The smallest absolute Gasteiger partial charge is 0.272 e. The van der Waals surface area contributed by atoms with Crippen molar-refractivity contribution in [3.05, 3.63) is 58.6 Å². The fraction of sp³-hybridized carbons (Fsp3) is 0.364. The van der Waals surface area contributed by atoms with E-state index in [-0.39, 0.29) is 18.1 Å². The first kappa shape index (κ1) is 18.9. The van der Waals surface area contributed by atoms with Crippen molar-refractivity contribution in [2.75, 3.05) is 13.1 Å². The predicted octanol–water partition coefficient (Wildman–Crippen LogP) is 4.47. The van der Waals surface area contributed by atoms with Crippen molar-refractivity contribution >= 4 is 17.2 Å². The molecule has 146 valence electrons. The number of thiophene rings is 1. The van der Waals surface area contributed by atoms with Crippen molar-refractivity contribution in [2.24, 2.45) is 0 Å². The summed E-state index contributed by atoms with van der Waals surface area (Å²) in [6.45, 7) is 9.31. The first-order valence-electron chi connectivity index (χ1n) is 9.58. The summed E-state index contributed by atoms with van der Waals surface area (Å²) in [5.41, 5.74) is 4.59. The van der Waals surface area contributed by atoms with E-state index in [1.54, 1.807) is 11.3 Å². The Morgan fingerprint density at radius 2 is 1.89 bits per heavy atom. The zero-order valence-corrected chi connectivity index (χ0v) is 17.5. The molecule has 0 saturated carbocycles. The molecule has 5 nitrogen and oxygen atoms in total. The third-order valence-electron chi connectivity index (χ3n) is 5.00. The Kier molecular flexibility index (Phi) is 5.08. The highest BCUT2D eigenvalue weighted by atomic mass is 32.1. The standard InChI is InChI=1S/C22H25N3O2S/c1-14-7-8-15(2)19(10-14)25-20(11-18(23-25)21-6-5-9-28-21)22(26)24-12-16(3)27-17(4)13-24/h5-11,16-17H,12-13H2,1-4H3. The van der Waals surface area contributed by atoms with Gasteiger partial charge in [-0.25, -0.2) is 4.68 Å². The lowest BCUT2D eigenvalue weighted by Gasteiger charge is -2.35. The molecule has 1 fully saturated rings. The van der Waals surface area contributed by atoms with Crippen LogP contribution < -0.4 is 0 Å². The molecule has 1 amide bonds. The van der Waals surface area contributed by atoms with Gasteiger partial charge in [0.1, 0.15) is 11.4 Å². The van der Waals surface area contributed by atoms with Crippen molar-refractivity contribution in [1.82, 2.24) is 14.7 Å². The van der Waals surface area contributed by atoms with Crippen LogP contribution in [0.4, 0.5) is 0 Å². The van der Waals surface area contributed by atoms with Crippen molar-refractivity contribution < 1.29 is 9.53 Å². The lowest BCUT2D eigenvalue weighted by atomic mass is 10.1. The van der Waals surface area contributed by atoms with E-state index in [0.717, 1.165) is 27.4 Å². The number of carbonyl (C=O) groups is 1. The van der Waals surface area contributed by atoms with E-state index in [9.17, 15) is 4.79 Å². The van der Waals surface area contributed by atoms with Gasteiger partial charge < -0.3 is 9.64 Å². The van der Waals surface area contributed by atoms with Crippen molar-refractivity contribution in [3.63, 3.8) is 0 Å². The number of aromatic nitrogens is 2. The lowest BCUT2D eigenvalue weighted by molar-refractivity contribution is -0.0588. The number of morpholine rings is 1. The highest BCUT2D eigenvalue weighted by Gasteiger charge is 2.29. The molecule has 6 heteroatoms. The summed E-state index contributed by atoms with van der Waals surface area (Å²) in [6.07, 6.45) is 0.0584. The molecule has 1 aromatic carbocycles. The van der Waals surface area contributed by atoms with Gasteiger partial charge in [0, 0.05) is 13.1 Å². The summed E-state index contributed by atoms with van der Waals surface area (Å²) >= 11 is 1.63. The molecule has 28 heavy (non-hydrogen) atoms. The van der Waals surface area contributed by atoms with Gasteiger partial charge in [-0.15, -0.1) is 11.3 Å². The van der Waals surface area contributed by atoms with Crippen LogP contribution in [0.25, 0.3) is 16.3 Å². The summed E-state index contributed by atoms with van der Waals surface area (Å²) in [5, 5.41) is 6.85. The molecule has 0 radical (unpaired) electrons. The maximum Gasteiger partial charge on any atom is 0.272 e. The summed E-state index contributed by atoms with van der Waals surface area (Å²) in [6, 6.07) is 12.2. The fourth-order valence-corrected chi connectivity index (χ4v) is 4.40. The summed E-state index contributed by atoms with van der Waals surface area (Å²) in [7, 11) is 0. The zero-order chi connectivity index (χ0) is 19.8. The van der Waals surface area contributed by atoms with E-state index in [0.29, 0.717) is 18.8 Å². The van der Waals surface area contributed by atoms with Gasteiger partial charge in [-0.2, -0.15) is 5.10 Å². The molecular weight excluding hydrogens is 370 g/mol. The molecule has 2 aromatic heterocycles. The van der Waals surface area contributed by atoms with Crippen LogP contribution in [0.2, 0.25) is 0 Å². The Balaban J connectivity index is 1.81. The first-order chi connectivity index (χ1) is 13.4. The minimum Gasteiger partial charge on any atom is -0.372 e. The SMILES string of the molecule is Cc1ccc(C)c(-n2nc(-c3cccs3)cc2C(=O)N2CC(C)OC(C)C2)c1. The maximum absolute atomic E-state index is 13.5. The third kappa shape index (κ3) is 3.62. The normalized spacial score (nSPS) is 19.8. The molecule has 1 aliphatic heterocycles. The third-order valence-corrected chi connectivity index (χ3v) is 5.89. The minimum absolute atomic E-state index is 0.00166. The number of ether oxygens (including phenoxy) is 1. The van der Waals surface area contributed by atoms with Gasteiger partial charge in [0.25, 0.3) is 5.91 Å². The van der Waals surface area contributed by atoms with E-state index in [4.69, 9.17) is 9.84 Å². The highest BCUT2D eigenvalue weighted by Crippen LogP contribution is 2.28. The maximum atomic E-state index is 13.5. The van der Waals surface area contributed by atoms with Crippen LogP contribution in [0, 0.1) is 13.8 Å². The average molecular weight is 396 g/mol. The largest absolute Gasteiger partial charge is 0.372 e. The van der Waals surface area contributed by atoms with Gasteiger partial charge in [0.05, 0.1) is 22.8 Å². The van der Waals surface area contributed by atoms with Crippen LogP contribution in [-0.4, -0.2) is 45.9 Å². The van der Waals surface area contributed by atoms with Crippen molar-refractivity contribution in [3.8, 4) is 16.3 Å². The second-order valence-electron chi connectivity index (χ2n) is 7.56. The quantitative estimate of drug-likeness (QED) is 0.657. The molecule has 3 heterocycles. The number of benzene rings is 1. The molecule has 0 N–H and O–H groups in total. The summed E-state index contributed by atoms with van der Waals surface area (Å²) in [5.74, 6) is -0.00166. The number of rotatable bonds is 3. The van der Waals surface area contributed by atoms with E-state index < -0.39 is 0 Å². The average Bonchev–Trinajstić information content (AvgIpc) is 3.31. The number of nitrogens with zero attached hydrogens (tertiary/aromatic N) is 3. The molecular formula is C22H25N3O2S. The fourth-order valence-electron chi connectivity index (χ4n) is 3.72. The first-order valence-corrected chi connectivity index (χ1v) is 10.5. The predicted molar refractivity (Wildman–Crippen MR) is 112 cm³/mol. The molecule has 0 aliphatic carbocycles. The number of amides is 1. The van der Waals surface area contributed by atoms with Crippen LogP contribution in [-0.2, 0) is 4.74 Å². The molecule has 0 bridgehead atoms. The lowest BCUT2D eigenvalue weighted by Crippen LogP contribution is -2.48. The second kappa shape index (κ2) is 7.53. The Labute approximate surface area is 169 Å². The number of hydrogen-bond acceptors (Lipinski definition) is 4. The van der Waals surface area contributed by atoms with Crippen LogP contribution in [0.3, 0.4) is 0 Å². The van der Waals surface area contributed by atoms with Crippen molar-refractivity contribution in [2.45, 2.75) is 39.9 Å². The van der Waals surface area contributed by atoms with Gasteiger partial charge in [0.15, 0.2) is 0 Å². The van der Waals surface area contributed by atoms with Gasteiger partial charge in [0.2, 0.25) is 0 Å². The Morgan fingerprint density at radius 1 is 1.14 bits per heavy atom. The van der Waals surface area contributed by atoms with Crippen LogP contribution in [0.5, 0.6) is 0 Å². The summed E-state index contributed by atoms with van der Waals surface area (Å²) in [4.78, 5) is 16.4. The molecule has 0 spiro atoms. The second-order valence-corrected chi connectivity index (χ2v) is 8.51. The van der Waals surface area contributed by atoms with Gasteiger partial charge >= 0.3 is 0 Å². The monoisotopic (exact) mass is 395 g/mol. The minimum atomic E-state index is -0.00166. The zero-order valence-electron chi connectivity index (χ0n) is 16.7. The Morgan fingerprint density at radius 3 is 2.57 bits per heavy atom. The number of hydrogen-bond donors (Lipinski definition) is 0. The Bertz CT molecular complexity index is 983. The van der Waals surface area contributed by atoms with Gasteiger partial charge in [-0.05, 0) is 62.4 Å². The van der Waals surface area contributed by atoms with Crippen molar-refractivity contribution in [1.29, 1.82) is 0 Å². The van der Waals surface area contributed by atoms with Crippen LogP contribution >= 0.6 is 11.3 Å².